The van der Waals surface area contributed by atoms with Crippen LogP contribution in [-0.2, 0) is 6.54 Å². The Kier molecular flexibility index (Phi) is 6.68. The van der Waals surface area contributed by atoms with Crippen molar-refractivity contribution in [3.63, 3.8) is 0 Å². The fraction of sp³-hybridized carbons (Fsp3) is 0.500. The van der Waals surface area contributed by atoms with E-state index in [0.717, 1.165) is 37.8 Å². The summed E-state index contributed by atoms with van der Waals surface area (Å²) in [5.41, 5.74) is 0. The summed E-state index contributed by atoms with van der Waals surface area (Å²) in [5, 5.41) is 10.9. The first-order valence-electron chi connectivity index (χ1n) is 7.82. The molecule has 0 radical (unpaired) electrons. The maximum Gasteiger partial charge on any atom is 0.191 e. The van der Waals surface area contributed by atoms with Crippen molar-refractivity contribution in [1.29, 1.82) is 0 Å². The molecule has 0 saturated carbocycles. The standard InChI is InChI=1S/C16H26N6O/c1-17-16(18-8-5-10-22-11-6-9-20-22)19-13-14(21(2)3)15-7-4-12-23-15/h4,6-7,9,11-12,14H,5,8,10,13H2,1-3H3,(H2,17,18,19). The number of hydrogen-bond acceptors (Lipinski definition) is 4. The lowest BCUT2D eigenvalue weighted by Crippen LogP contribution is -2.42. The van der Waals surface area contributed by atoms with E-state index in [-0.39, 0.29) is 6.04 Å². The van der Waals surface area contributed by atoms with Gasteiger partial charge in [-0.3, -0.25) is 14.6 Å². The zero-order valence-electron chi connectivity index (χ0n) is 14.1. The fourth-order valence-corrected chi connectivity index (χ4v) is 2.31. The number of furan rings is 1. The average Bonchev–Trinajstić information content (AvgIpc) is 3.22. The normalized spacial score (nSPS) is 13.3. The van der Waals surface area contributed by atoms with Gasteiger partial charge < -0.3 is 15.1 Å². The molecule has 0 aliphatic rings. The zero-order valence-corrected chi connectivity index (χ0v) is 14.1. The van der Waals surface area contributed by atoms with Crippen LogP contribution in [0.5, 0.6) is 0 Å². The monoisotopic (exact) mass is 318 g/mol. The molecule has 0 saturated heterocycles. The molecule has 2 rings (SSSR count). The van der Waals surface area contributed by atoms with Gasteiger partial charge in [-0.25, -0.2) is 0 Å². The number of likely N-dealkylation sites (N-methyl/N-ethyl adjacent to an activating group) is 1. The Labute approximate surface area is 137 Å². The molecule has 2 aromatic heterocycles. The van der Waals surface area contributed by atoms with E-state index in [1.807, 2.05) is 43.2 Å². The number of aromatic nitrogens is 2. The Morgan fingerprint density at radius 1 is 1.39 bits per heavy atom. The van der Waals surface area contributed by atoms with E-state index >= 15 is 0 Å². The second-order valence-electron chi connectivity index (χ2n) is 5.50. The molecule has 23 heavy (non-hydrogen) atoms. The molecule has 0 aromatic carbocycles. The number of nitrogens with one attached hydrogen (secondary N) is 2. The summed E-state index contributed by atoms with van der Waals surface area (Å²) in [6, 6.07) is 6.00. The van der Waals surface area contributed by atoms with E-state index in [9.17, 15) is 0 Å². The minimum Gasteiger partial charge on any atom is -0.468 e. The molecule has 0 aliphatic heterocycles. The van der Waals surface area contributed by atoms with Gasteiger partial charge in [0.1, 0.15) is 5.76 Å². The summed E-state index contributed by atoms with van der Waals surface area (Å²) in [4.78, 5) is 6.38. The highest BCUT2D eigenvalue weighted by molar-refractivity contribution is 5.79. The van der Waals surface area contributed by atoms with Gasteiger partial charge in [-0.15, -0.1) is 0 Å². The first-order valence-corrected chi connectivity index (χ1v) is 7.82. The summed E-state index contributed by atoms with van der Waals surface area (Å²) >= 11 is 0. The Balaban J connectivity index is 1.73. The van der Waals surface area contributed by atoms with Crippen molar-refractivity contribution < 1.29 is 4.42 Å². The molecular formula is C16H26N6O. The van der Waals surface area contributed by atoms with Crippen molar-refractivity contribution in [2.24, 2.45) is 4.99 Å². The van der Waals surface area contributed by atoms with Gasteiger partial charge >= 0.3 is 0 Å². The van der Waals surface area contributed by atoms with Crippen molar-refractivity contribution in [3.05, 3.63) is 42.6 Å². The molecule has 0 bridgehead atoms. The number of hydrogen-bond donors (Lipinski definition) is 2. The van der Waals surface area contributed by atoms with Gasteiger partial charge in [0.2, 0.25) is 0 Å². The van der Waals surface area contributed by atoms with Crippen molar-refractivity contribution in [2.45, 2.75) is 19.0 Å². The summed E-state index contributed by atoms with van der Waals surface area (Å²) in [6.07, 6.45) is 6.45. The van der Waals surface area contributed by atoms with E-state index in [0.29, 0.717) is 0 Å². The number of nitrogens with zero attached hydrogens (tertiary/aromatic N) is 4. The second kappa shape index (κ2) is 8.99. The molecule has 0 fully saturated rings. The van der Waals surface area contributed by atoms with Gasteiger partial charge in [-0.2, -0.15) is 5.10 Å². The highest BCUT2D eigenvalue weighted by Gasteiger charge is 2.17. The Morgan fingerprint density at radius 3 is 2.87 bits per heavy atom. The van der Waals surface area contributed by atoms with Crippen molar-refractivity contribution in [2.75, 3.05) is 34.2 Å². The average molecular weight is 318 g/mol. The SMILES string of the molecule is CN=C(NCCCn1cccn1)NCC(c1ccco1)N(C)C. The molecule has 0 amide bonds. The molecule has 126 valence electrons. The predicted octanol–water partition coefficient (Wildman–Crippen LogP) is 1.33. The van der Waals surface area contributed by atoms with Gasteiger partial charge in [0.15, 0.2) is 5.96 Å². The highest BCUT2D eigenvalue weighted by Crippen LogP contribution is 2.17. The Morgan fingerprint density at radius 2 is 2.26 bits per heavy atom. The molecule has 2 heterocycles. The number of guanidine groups is 1. The predicted molar refractivity (Wildman–Crippen MR) is 91.3 cm³/mol. The van der Waals surface area contributed by atoms with Crippen LogP contribution in [0.4, 0.5) is 0 Å². The lowest BCUT2D eigenvalue weighted by atomic mass is 10.2. The molecule has 0 aliphatic carbocycles. The van der Waals surface area contributed by atoms with Crippen LogP contribution in [0.2, 0.25) is 0 Å². The maximum atomic E-state index is 5.51. The first kappa shape index (κ1) is 17.1. The Bertz CT molecular complexity index is 561. The van der Waals surface area contributed by atoms with Crippen LogP contribution in [0.25, 0.3) is 0 Å². The fourth-order valence-electron chi connectivity index (χ4n) is 2.31. The van der Waals surface area contributed by atoms with Crippen molar-refractivity contribution in [1.82, 2.24) is 25.3 Å². The third kappa shape index (κ3) is 5.45. The van der Waals surface area contributed by atoms with E-state index in [1.54, 1.807) is 19.5 Å². The second-order valence-corrected chi connectivity index (χ2v) is 5.50. The molecule has 7 nitrogen and oxygen atoms in total. The maximum absolute atomic E-state index is 5.51. The molecule has 1 atom stereocenters. The van der Waals surface area contributed by atoms with Gasteiger partial charge in [0, 0.05) is 39.1 Å². The summed E-state index contributed by atoms with van der Waals surface area (Å²) in [5.74, 6) is 1.74. The van der Waals surface area contributed by atoms with Crippen LogP contribution in [0, 0.1) is 0 Å². The number of rotatable bonds is 8. The van der Waals surface area contributed by atoms with Crippen LogP contribution in [0.15, 0.2) is 46.3 Å². The van der Waals surface area contributed by atoms with E-state index in [2.05, 4.69) is 25.6 Å². The van der Waals surface area contributed by atoms with E-state index in [4.69, 9.17) is 4.42 Å². The van der Waals surface area contributed by atoms with Gasteiger partial charge in [-0.1, -0.05) is 0 Å². The van der Waals surface area contributed by atoms with Gasteiger partial charge in [0.05, 0.1) is 12.3 Å². The third-order valence-electron chi connectivity index (χ3n) is 3.60. The Hall–Kier alpha value is -2.28. The molecule has 0 spiro atoms. The topological polar surface area (TPSA) is 70.6 Å². The van der Waals surface area contributed by atoms with Gasteiger partial charge in [0.25, 0.3) is 0 Å². The largest absolute Gasteiger partial charge is 0.468 e. The molecular weight excluding hydrogens is 292 g/mol. The van der Waals surface area contributed by atoms with Crippen LogP contribution in [0.1, 0.15) is 18.2 Å². The molecule has 7 heteroatoms. The summed E-state index contributed by atoms with van der Waals surface area (Å²) in [7, 11) is 5.85. The van der Waals surface area contributed by atoms with Gasteiger partial charge in [-0.05, 0) is 38.7 Å². The minimum absolute atomic E-state index is 0.160. The lowest BCUT2D eigenvalue weighted by molar-refractivity contribution is 0.258. The zero-order chi connectivity index (χ0) is 16.5. The molecule has 2 aromatic rings. The molecule has 2 N–H and O–H groups in total. The van der Waals surface area contributed by atoms with Crippen LogP contribution in [0.3, 0.4) is 0 Å². The van der Waals surface area contributed by atoms with Crippen LogP contribution < -0.4 is 10.6 Å². The summed E-state index contributed by atoms with van der Waals surface area (Å²) < 4.78 is 7.44. The molecule has 1 unspecified atom stereocenters. The third-order valence-corrected chi connectivity index (χ3v) is 3.60. The minimum atomic E-state index is 0.160. The first-order chi connectivity index (χ1) is 11.2. The van der Waals surface area contributed by atoms with E-state index < -0.39 is 0 Å². The van der Waals surface area contributed by atoms with Crippen LogP contribution >= 0.6 is 0 Å². The highest BCUT2D eigenvalue weighted by atomic mass is 16.3. The van der Waals surface area contributed by atoms with E-state index in [1.165, 1.54) is 0 Å². The quantitative estimate of drug-likeness (QED) is 0.436. The van der Waals surface area contributed by atoms with Crippen molar-refractivity contribution in [3.8, 4) is 0 Å². The summed E-state index contributed by atoms with van der Waals surface area (Å²) in [6.45, 7) is 2.45. The number of aliphatic imine (C=N–C) groups is 1. The van der Waals surface area contributed by atoms with Crippen LogP contribution in [-0.4, -0.2) is 54.9 Å². The smallest absolute Gasteiger partial charge is 0.191 e. The lowest BCUT2D eigenvalue weighted by Gasteiger charge is -2.23. The van der Waals surface area contributed by atoms with Crippen molar-refractivity contribution >= 4 is 5.96 Å². The number of aryl methyl sites for hydroxylation is 1.